The average molecular weight is 282 g/mol. The largest absolute Gasteiger partial charge is 0.356 e. The van der Waals surface area contributed by atoms with Crippen molar-refractivity contribution in [3.05, 3.63) is 41.6 Å². The summed E-state index contributed by atoms with van der Waals surface area (Å²) in [6.45, 7) is 6.31. The Morgan fingerprint density at radius 1 is 1.00 bits per heavy atom. The summed E-state index contributed by atoms with van der Waals surface area (Å²) >= 11 is 0. The molecule has 1 saturated heterocycles. The molecule has 1 N–H and O–H groups in total. The molecule has 0 amide bonds. The van der Waals surface area contributed by atoms with Crippen LogP contribution in [0.1, 0.15) is 30.5 Å². The predicted molar refractivity (Wildman–Crippen MR) is 87.3 cm³/mol. The maximum absolute atomic E-state index is 4.70. The standard InChI is InChI=1S/C17H22N4/c1-13-8-4-5-9-15(13)19-17-18-14(2)12-16(20-17)21-10-6-3-7-11-21/h4-5,8-9,12H,3,6-7,10-11H2,1-2H3,(H,18,19,20). The SMILES string of the molecule is Cc1cc(N2CCCCC2)nc(Nc2ccccc2C)n1. The summed E-state index contributed by atoms with van der Waals surface area (Å²) in [5.74, 6) is 1.73. The molecule has 0 unspecified atom stereocenters. The molecule has 1 aromatic carbocycles. The van der Waals surface area contributed by atoms with E-state index in [4.69, 9.17) is 4.98 Å². The van der Waals surface area contributed by atoms with Gasteiger partial charge >= 0.3 is 0 Å². The van der Waals surface area contributed by atoms with E-state index in [0.717, 1.165) is 30.3 Å². The molecular formula is C17H22N4. The first-order valence-electron chi connectivity index (χ1n) is 7.66. The Balaban J connectivity index is 1.85. The smallest absolute Gasteiger partial charge is 0.229 e. The Kier molecular flexibility index (Phi) is 4.04. The molecule has 1 aliphatic heterocycles. The monoisotopic (exact) mass is 282 g/mol. The number of para-hydroxylation sites is 1. The third-order valence-electron chi connectivity index (χ3n) is 3.91. The Hall–Kier alpha value is -2.10. The molecule has 2 aromatic rings. The van der Waals surface area contributed by atoms with Gasteiger partial charge in [0.2, 0.25) is 5.95 Å². The number of benzene rings is 1. The molecule has 110 valence electrons. The Bertz CT molecular complexity index is 618. The minimum absolute atomic E-state index is 0.685. The fourth-order valence-electron chi connectivity index (χ4n) is 2.73. The molecule has 4 heteroatoms. The zero-order valence-electron chi connectivity index (χ0n) is 12.8. The van der Waals surface area contributed by atoms with Gasteiger partial charge in [0.25, 0.3) is 0 Å². The van der Waals surface area contributed by atoms with Crippen LogP contribution in [0.25, 0.3) is 0 Å². The number of nitrogens with zero attached hydrogens (tertiary/aromatic N) is 3. The maximum atomic E-state index is 4.70. The third kappa shape index (κ3) is 3.32. The molecule has 0 bridgehead atoms. The van der Waals surface area contributed by atoms with Crippen molar-refractivity contribution in [3.63, 3.8) is 0 Å². The quantitative estimate of drug-likeness (QED) is 0.929. The number of aromatic nitrogens is 2. The molecule has 0 spiro atoms. The Morgan fingerprint density at radius 3 is 2.52 bits per heavy atom. The summed E-state index contributed by atoms with van der Waals surface area (Å²) in [6, 6.07) is 10.3. The minimum Gasteiger partial charge on any atom is -0.356 e. The molecule has 21 heavy (non-hydrogen) atoms. The van der Waals surface area contributed by atoms with Crippen LogP contribution in [0.15, 0.2) is 30.3 Å². The van der Waals surface area contributed by atoms with E-state index >= 15 is 0 Å². The van der Waals surface area contributed by atoms with E-state index in [-0.39, 0.29) is 0 Å². The lowest BCUT2D eigenvalue weighted by Gasteiger charge is -2.28. The maximum Gasteiger partial charge on any atom is 0.229 e. The Labute approximate surface area is 126 Å². The second kappa shape index (κ2) is 6.12. The number of rotatable bonds is 3. The lowest BCUT2D eigenvalue weighted by atomic mass is 10.1. The van der Waals surface area contributed by atoms with E-state index in [0.29, 0.717) is 5.95 Å². The highest BCUT2D eigenvalue weighted by molar-refractivity contribution is 5.59. The van der Waals surface area contributed by atoms with Gasteiger partial charge in [-0.25, -0.2) is 4.98 Å². The number of hydrogen-bond acceptors (Lipinski definition) is 4. The highest BCUT2D eigenvalue weighted by Crippen LogP contribution is 2.22. The van der Waals surface area contributed by atoms with Gasteiger partial charge in [-0.2, -0.15) is 4.98 Å². The summed E-state index contributed by atoms with van der Waals surface area (Å²) in [7, 11) is 0. The fraction of sp³-hybridized carbons (Fsp3) is 0.412. The second-order valence-corrected chi connectivity index (χ2v) is 5.68. The fourth-order valence-corrected chi connectivity index (χ4v) is 2.73. The summed E-state index contributed by atoms with van der Waals surface area (Å²) in [5, 5.41) is 3.34. The number of nitrogens with one attached hydrogen (secondary N) is 1. The van der Waals surface area contributed by atoms with Gasteiger partial charge < -0.3 is 10.2 Å². The topological polar surface area (TPSA) is 41.1 Å². The molecule has 0 radical (unpaired) electrons. The van der Waals surface area contributed by atoms with E-state index in [2.05, 4.69) is 40.3 Å². The van der Waals surface area contributed by atoms with Crippen LogP contribution in [0, 0.1) is 13.8 Å². The van der Waals surface area contributed by atoms with Crippen LogP contribution in [-0.2, 0) is 0 Å². The van der Waals surface area contributed by atoms with Gasteiger partial charge in [-0.05, 0) is 44.7 Å². The van der Waals surface area contributed by atoms with E-state index in [1.807, 2.05) is 19.1 Å². The van der Waals surface area contributed by atoms with Gasteiger partial charge in [0.1, 0.15) is 5.82 Å². The molecule has 2 heterocycles. The van der Waals surface area contributed by atoms with E-state index in [1.165, 1.54) is 24.8 Å². The highest BCUT2D eigenvalue weighted by Gasteiger charge is 2.14. The van der Waals surface area contributed by atoms with Crippen molar-refractivity contribution in [3.8, 4) is 0 Å². The van der Waals surface area contributed by atoms with Crippen molar-refractivity contribution in [2.75, 3.05) is 23.3 Å². The van der Waals surface area contributed by atoms with Crippen molar-refractivity contribution < 1.29 is 0 Å². The van der Waals surface area contributed by atoms with Crippen LogP contribution in [0.5, 0.6) is 0 Å². The first-order chi connectivity index (χ1) is 10.2. The molecule has 1 aromatic heterocycles. The zero-order valence-corrected chi connectivity index (χ0v) is 12.8. The van der Waals surface area contributed by atoms with E-state index in [9.17, 15) is 0 Å². The summed E-state index contributed by atoms with van der Waals surface area (Å²) < 4.78 is 0. The van der Waals surface area contributed by atoms with E-state index in [1.54, 1.807) is 0 Å². The summed E-state index contributed by atoms with van der Waals surface area (Å²) in [4.78, 5) is 11.6. The highest BCUT2D eigenvalue weighted by atomic mass is 15.2. The van der Waals surface area contributed by atoms with Gasteiger partial charge in [0.05, 0.1) is 0 Å². The third-order valence-corrected chi connectivity index (χ3v) is 3.91. The molecule has 3 rings (SSSR count). The summed E-state index contributed by atoms with van der Waals surface area (Å²) in [6.07, 6.45) is 3.84. The molecule has 0 saturated carbocycles. The molecule has 0 aliphatic carbocycles. The summed E-state index contributed by atoms with van der Waals surface area (Å²) in [5.41, 5.74) is 3.26. The number of piperidine rings is 1. The molecule has 4 nitrogen and oxygen atoms in total. The normalized spacial score (nSPS) is 15.0. The number of anilines is 3. The van der Waals surface area contributed by atoms with Crippen LogP contribution in [-0.4, -0.2) is 23.1 Å². The minimum atomic E-state index is 0.685. The lowest BCUT2D eigenvalue weighted by Crippen LogP contribution is -2.30. The first-order valence-corrected chi connectivity index (χ1v) is 7.66. The van der Waals surface area contributed by atoms with Crippen molar-refractivity contribution in [2.45, 2.75) is 33.1 Å². The molecule has 1 aliphatic rings. The average Bonchev–Trinajstić information content (AvgIpc) is 2.50. The predicted octanol–water partition coefficient (Wildman–Crippen LogP) is 3.83. The van der Waals surface area contributed by atoms with Crippen LogP contribution >= 0.6 is 0 Å². The van der Waals surface area contributed by atoms with Crippen molar-refractivity contribution in [1.29, 1.82) is 0 Å². The van der Waals surface area contributed by atoms with Crippen molar-refractivity contribution in [2.24, 2.45) is 0 Å². The van der Waals surface area contributed by atoms with Gasteiger partial charge in [0.15, 0.2) is 0 Å². The van der Waals surface area contributed by atoms with Gasteiger partial charge in [-0.3, -0.25) is 0 Å². The van der Waals surface area contributed by atoms with Crippen LogP contribution in [0.4, 0.5) is 17.5 Å². The first kappa shape index (κ1) is 13.9. The van der Waals surface area contributed by atoms with Gasteiger partial charge in [0, 0.05) is 30.5 Å². The lowest BCUT2D eigenvalue weighted by molar-refractivity contribution is 0.573. The number of hydrogen-bond donors (Lipinski definition) is 1. The van der Waals surface area contributed by atoms with Crippen molar-refractivity contribution in [1.82, 2.24) is 9.97 Å². The van der Waals surface area contributed by atoms with Crippen molar-refractivity contribution >= 4 is 17.5 Å². The molecule has 1 fully saturated rings. The number of aryl methyl sites for hydroxylation is 2. The van der Waals surface area contributed by atoms with Crippen LogP contribution in [0.3, 0.4) is 0 Å². The molecular weight excluding hydrogens is 260 g/mol. The van der Waals surface area contributed by atoms with Crippen LogP contribution < -0.4 is 10.2 Å². The Morgan fingerprint density at radius 2 is 1.76 bits per heavy atom. The van der Waals surface area contributed by atoms with Crippen LogP contribution in [0.2, 0.25) is 0 Å². The van der Waals surface area contributed by atoms with Gasteiger partial charge in [-0.1, -0.05) is 18.2 Å². The second-order valence-electron chi connectivity index (χ2n) is 5.68. The zero-order chi connectivity index (χ0) is 14.7. The molecule has 0 atom stereocenters. The van der Waals surface area contributed by atoms with Gasteiger partial charge in [-0.15, -0.1) is 0 Å². The van der Waals surface area contributed by atoms with E-state index < -0.39 is 0 Å².